The summed E-state index contributed by atoms with van der Waals surface area (Å²) in [5.74, 6) is -1.46. The Kier molecular flexibility index (Phi) is 5.50. The molecule has 2 nitrogen and oxygen atoms in total. The third kappa shape index (κ3) is 3.90. The molecule has 3 N–H and O–H groups in total. The van der Waals surface area contributed by atoms with Crippen LogP contribution in [0.15, 0.2) is 12.1 Å². The van der Waals surface area contributed by atoms with Crippen molar-refractivity contribution in [2.75, 3.05) is 0 Å². The average molecular weight is 278 g/mol. The molecule has 102 valence electrons. The molecule has 3 atom stereocenters. The molecular weight excluding hydrogens is 260 g/mol. The molecule has 0 spiro atoms. The fourth-order valence-electron chi connectivity index (χ4n) is 1.70. The zero-order valence-corrected chi connectivity index (χ0v) is 11.2. The minimum atomic E-state index is -1.18. The quantitative estimate of drug-likeness (QED) is 0.866. The number of aliphatic hydroxyl groups is 1. The molecule has 0 saturated heterocycles. The summed E-state index contributed by atoms with van der Waals surface area (Å²) in [4.78, 5) is 0. The number of hydrogen-bond donors (Lipinski definition) is 2. The van der Waals surface area contributed by atoms with E-state index in [4.69, 9.17) is 17.3 Å². The lowest BCUT2D eigenvalue weighted by Crippen LogP contribution is -2.24. The second-order valence-electron chi connectivity index (χ2n) is 4.71. The minimum absolute atomic E-state index is 0.0166. The maximum atomic E-state index is 13.5. The molecule has 0 aromatic heterocycles. The first-order chi connectivity index (χ1) is 8.32. The normalized spacial score (nSPS) is 16.4. The molecule has 1 aromatic carbocycles. The molecule has 0 radical (unpaired) electrons. The Morgan fingerprint density at radius 1 is 1.22 bits per heavy atom. The number of aliphatic hydroxyl groups excluding tert-OH is 1. The van der Waals surface area contributed by atoms with Gasteiger partial charge in [0.25, 0.3) is 0 Å². The predicted molar refractivity (Wildman–Crippen MR) is 68.4 cm³/mol. The topological polar surface area (TPSA) is 46.2 Å². The van der Waals surface area contributed by atoms with E-state index >= 15 is 0 Å². The van der Waals surface area contributed by atoms with Crippen LogP contribution in [0.3, 0.4) is 0 Å². The molecule has 0 aliphatic carbocycles. The second kappa shape index (κ2) is 6.45. The molecule has 0 aliphatic rings. The van der Waals surface area contributed by atoms with Gasteiger partial charge < -0.3 is 10.8 Å². The van der Waals surface area contributed by atoms with Crippen LogP contribution in [0.4, 0.5) is 8.78 Å². The Labute approximate surface area is 111 Å². The first-order valence-corrected chi connectivity index (χ1v) is 6.28. The zero-order valence-electron chi connectivity index (χ0n) is 10.5. The maximum Gasteiger partial charge on any atom is 0.133 e. The van der Waals surface area contributed by atoms with Crippen LogP contribution in [0, 0.1) is 17.6 Å². The lowest BCUT2D eigenvalue weighted by molar-refractivity contribution is 0.147. The van der Waals surface area contributed by atoms with Crippen molar-refractivity contribution >= 4 is 11.6 Å². The minimum Gasteiger partial charge on any atom is -0.388 e. The van der Waals surface area contributed by atoms with Gasteiger partial charge in [-0.2, -0.15) is 0 Å². The zero-order chi connectivity index (χ0) is 13.9. The summed E-state index contributed by atoms with van der Waals surface area (Å²) >= 11 is 5.52. The van der Waals surface area contributed by atoms with Crippen molar-refractivity contribution in [2.45, 2.75) is 38.8 Å². The first-order valence-electron chi connectivity index (χ1n) is 5.91. The largest absolute Gasteiger partial charge is 0.388 e. The highest BCUT2D eigenvalue weighted by Gasteiger charge is 2.20. The highest BCUT2D eigenvalue weighted by Crippen LogP contribution is 2.28. The molecule has 0 aliphatic heterocycles. The number of rotatable bonds is 5. The Hall–Kier alpha value is -0.710. The number of hydrogen-bond acceptors (Lipinski definition) is 2. The van der Waals surface area contributed by atoms with Gasteiger partial charge in [-0.15, -0.1) is 0 Å². The van der Waals surface area contributed by atoms with Gasteiger partial charge in [0.2, 0.25) is 0 Å². The molecule has 0 heterocycles. The van der Waals surface area contributed by atoms with Gasteiger partial charge >= 0.3 is 0 Å². The van der Waals surface area contributed by atoms with Crippen molar-refractivity contribution in [1.82, 2.24) is 0 Å². The van der Waals surface area contributed by atoms with E-state index < -0.39 is 17.7 Å². The fourth-order valence-corrected chi connectivity index (χ4v) is 1.89. The van der Waals surface area contributed by atoms with Gasteiger partial charge in [0.1, 0.15) is 11.6 Å². The summed E-state index contributed by atoms with van der Waals surface area (Å²) in [5.41, 5.74) is 5.37. The van der Waals surface area contributed by atoms with Crippen molar-refractivity contribution < 1.29 is 13.9 Å². The van der Waals surface area contributed by atoms with E-state index in [2.05, 4.69) is 0 Å². The van der Waals surface area contributed by atoms with Crippen LogP contribution in [0.1, 0.15) is 38.4 Å². The monoisotopic (exact) mass is 277 g/mol. The number of benzene rings is 1. The lowest BCUT2D eigenvalue weighted by atomic mass is 9.94. The van der Waals surface area contributed by atoms with Crippen LogP contribution < -0.4 is 5.73 Å². The van der Waals surface area contributed by atoms with Crippen LogP contribution in [-0.4, -0.2) is 11.1 Å². The van der Waals surface area contributed by atoms with Crippen LogP contribution in [0.25, 0.3) is 0 Å². The van der Waals surface area contributed by atoms with E-state index in [0.717, 1.165) is 12.1 Å². The van der Waals surface area contributed by atoms with Gasteiger partial charge in [-0.3, -0.25) is 0 Å². The fraction of sp³-hybridized carbons (Fsp3) is 0.538. The smallest absolute Gasteiger partial charge is 0.133 e. The summed E-state index contributed by atoms with van der Waals surface area (Å²) in [6.07, 6.45) is -0.318. The molecular formula is C13H18ClF2NO. The Bertz CT molecular complexity index is 389. The van der Waals surface area contributed by atoms with Crippen LogP contribution in [0.2, 0.25) is 5.02 Å². The van der Waals surface area contributed by atoms with Crippen molar-refractivity contribution in [1.29, 1.82) is 0 Å². The van der Waals surface area contributed by atoms with E-state index in [1.165, 1.54) is 0 Å². The maximum absolute atomic E-state index is 13.5. The highest BCUT2D eigenvalue weighted by molar-refractivity contribution is 6.30. The van der Waals surface area contributed by atoms with Gasteiger partial charge in [0.05, 0.1) is 11.7 Å². The van der Waals surface area contributed by atoms with Crippen molar-refractivity contribution in [3.05, 3.63) is 34.4 Å². The molecule has 0 amide bonds. The standard InChI is InChI=1S/C13H18ClF2NO/c1-7(8(2)17)3-4-12(18)13-10(15)5-9(14)6-11(13)16/h5-8,12,18H,3-4,17H2,1-2H3. The number of nitrogens with two attached hydrogens (primary N) is 1. The van der Waals surface area contributed by atoms with Gasteiger partial charge in [-0.1, -0.05) is 18.5 Å². The van der Waals surface area contributed by atoms with E-state index in [1.807, 2.05) is 13.8 Å². The SMILES string of the molecule is CC(N)C(C)CCC(O)c1c(F)cc(Cl)cc1F. The third-order valence-corrected chi connectivity index (χ3v) is 3.39. The third-order valence-electron chi connectivity index (χ3n) is 3.17. The Morgan fingerprint density at radius 2 is 1.72 bits per heavy atom. The summed E-state index contributed by atoms with van der Waals surface area (Å²) in [6.45, 7) is 3.80. The molecule has 18 heavy (non-hydrogen) atoms. The summed E-state index contributed by atoms with van der Waals surface area (Å²) in [7, 11) is 0. The second-order valence-corrected chi connectivity index (χ2v) is 5.15. The van der Waals surface area contributed by atoms with Crippen molar-refractivity contribution in [3.63, 3.8) is 0 Å². The van der Waals surface area contributed by atoms with Crippen molar-refractivity contribution in [2.24, 2.45) is 11.7 Å². The van der Waals surface area contributed by atoms with E-state index in [-0.39, 0.29) is 29.0 Å². The Balaban J connectivity index is 2.76. The molecule has 0 saturated carbocycles. The lowest BCUT2D eigenvalue weighted by Gasteiger charge is -2.18. The molecule has 3 unspecified atom stereocenters. The van der Waals surface area contributed by atoms with Crippen molar-refractivity contribution in [3.8, 4) is 0 Å². The van der Waals surface area contributed by atoms with E-state index in [9.17, 15) is 13.9 Å². The van der Waals surface area contributed by atoms with Crippen LogP contribution in [-0.2, 0) is 0 Å². The highest BCUT2D eigenvalue weighted by atomic mass is 35.5. The van der Waals surface area contributed by atoms with E-state index in [1.54, 1.807) is 0 Å². The molecule has 1 rings (SSSR count). The van der Waals surface area contributed by atoms with Crippen LogP contribution in [0.5, 0.6) is 0 Å². The van der Waals surface area contributed by atoms with Gasteiger partial charge in [0, 0.05) is 11.1 Å². The molecule has 0 bridgehead atoms. The summed E-state index contributed by atoms with van der Waals surface area (Å²) < 4.78 is 27.1. The summed E-state index contributed by atoms with van der Waals surface area (Å²) in [5, 5.41) is 9.82. The molecule has 0 fully saturated rings. The molecule has 5 heteroatoms. The molecule has 1 aromatic rings. The van der Waals surface area contributed by atoms with Gasteiger partial charge in [-0.25, -0.2) is 8.78 Å². The first kappa shape index (κ1) is 15.3. The average Bonchev–Trinajstić information content (AvgIpc) is 2.24. The number of halogens is 3. The Morgan fingerprint density at radius 3 is 2.17 bits per heavy atom. The predicted octanol–water partition coefficient (Wildman–Crippen LogP) is 3.42. The van der Waals surface area contributed by atoms with Crippen LogP contribution >= 0.6 is 11.6 Å². The van der Waals surface area contributed by atoms with Gasteiger partial charge in [-0.05, 0) is 37.8 Å². The van der Waals surface area contributed by atoms with Gasteiger partial charge in [0.15, 0.2) is 0 Å². The van der Waals surface area contributed by atoms with E-state index in [0.29, 0.717) is 6.42 Å². The summed E-state index contributed by atoms with van der Waals surface area (Å²) in [6, 6.07) is 1.98.